The lowest BCUT2D eigenvalue weighted by Crippen LogP contribution is -2.15. The first-order valence-electron chi connectivity index (χ1n) is 8.63. The summed E-state index contributed by atoms with van der Waals surface area (Å²) in [5, 5.41) is 8.94. The zero-order valence-electron chi connectivity index (χ0n) is 15.2. The third-order valence-corrected chi connectivity index (χ3v) is 5.69. The second-order valence-corrected chi connectivity index (χ2v) is 8.32. The van der Waals surface area contributed by atoms with Crippen LogP contribution in [0.4, 0.5) is 5.69 Å². The van der Waals surface area contributed by atoms with Crippen molar-refractivity contribution in [1.82, 2.24) is 0 Å². The predicted octanol–water partition coefficient (Wildman–Crippen LogP) is 4.20. The molecule has 2 N–H and O–H groups in total. The minimum atomic E-state index is -3.91. The molecule has 3 rings (SSSR count). The molecule has 3 aromatic rings. The van der Waals surface area contributed by atoms with Crippen molar-refractivity contribution >= 4 is 33.3 Å². The Kier molecular flexibility index (Phi) is 6.41. The Hall–Kier alpha value is -3.03. The second-order valence-electron chi connectivity index (χ2n) is 6.23. The number of rotatable bonds is 8. The molecule has 0 aliphatic heterocycles. The van der Waals surface area contributed by atoms with Gasteiger partial charge in [0.2, 0.25) is 0 Å². The number of nitrogens with one attached hydrogen (secondary N) is 1. The second kappa shape index (κ2) is 8.98. The van der Waals surface area contributed by atoms with Crippen molar-refractivity contribution in [2.24, 2.45) is 0 Å². The number of carbonyl (C=O) groups is 1. The Morgan fingerprint density at radius 2 is 1.69 bits per heavy atom. The Morgan fingerprint density at radius 3 is 2.41 bits per heavy atom. The van der Waals surface area contributed by atoms with Crippen LogP contribution < -0.4 is 9.46 Å². The van der Waals surface area contributed by atoms with Gasteiger partial charge in [-0.1, -0.05) is 60.1 Å². The molecule has 8 heteroatoms. The summed E-state index contributed by atoms with van der Waals surface area (Å²) in [6.45, 7) is -0.563. The van der Waals surface area contributed by atoms with Crippen LogP contribution in [0.15, 0.2) is 77.7 Å². The molecular weight excluding hydrogens is 414 g/mol. The SMILES string of the molecule is O=C(O)COc1cc(Cl)cc(NS(=O)(=O)c2ccccc2Cc2ccccc2)c1. The number of hydrogen-bond donors (Lipinski definition) is 2. The van der Waals surface area contributed by atoms with Crippen LogP contribution in [0.1, 0.15) is 11.1 Å². The highest BCUT2D eigenvalue weighted by Gasteiger charge is 2.19. The van der Waals surface area contributed by atoms with Crippen molar-refractivity contribution in [1.29, 1.82) is 0 Å². The van der Waals surface area contributed by atoms with Gasteiger partial charge in [0.05, 0.1) is 10.6 Å². The Bertz CT molecular complexity index is 1120. The fourth-order valence-electron chi connectivity index (χ4n) is 2.79. The molecule has 29 heavy (non-hydrogen) atoms. The number of carboxylic acid groups (broad SMARTS) is 1. The first-order chi connectivity index (χ1) is 13.8. The van der Waals surface area contributed by atoms with E-state index in [-0.39, 0.29) is 21.4 Å². The fourth-order valence-corrected chi connectivity index (χ4v) is 4.29. The molecule has 0 spiro atoms. The maximum absolute atomic E-state index is 13.0. The number of halogens is 1. The Morgan fingerprint density at radius 1 is 1.00 bits per heavy atom. The van der Waals surface area contributed by atoms with Gasteiger partial charge < -0.3 is 9.84 Å². The lowest BCUT2D eigenvalue weighted by Gasteiger charge is -2.14. The van der Waals surface area contributed by atoms with Crippen LogP contribution in [-0.4, -0.2) is 26.1 Å². The monoisotopic (exact) mass is 431 g/mol. The highest BCUT2D eigenvalue weighted by Crippen LogP contribution is 2.27. The molecule has 0 saturated carbocycles. The van der Waals surface area contributed by atoms with Gasteiger partial charge in [0.25, 0.3) is 10.0 Å². The summed E-state index contributed by atoms with van der Waals surface area (Å²) in [7, 11) is -3.91. The number of hydrogen-bond acceptors (Lipinski definition) is 4. The van der Waals surface area contributed by atoms with E-state index in [1.54, 1.807) is 18.2 Å². The molecule has 0 bridgehead atoms. The van der Waals surface area contributed by atoms with Crippen molar-refractivity contribution in [2.45, 2.75) is 11.3 Å². The lowest BCUT2D eigenvalue weighted by atomic mass is 10.1. The molecule has 0 amide bonds. The average molecular weight is 432 g/mol. The fraction of sp³-hybridized carbons (Fsp3) is 0.0952. The van der Waals surface area contributed by atoms with E-state index in [0.717, 1.165) is 5.56 Å². The molecule has 150 valence electrons. The standard InChI is InChI=1S/C21H18ClNO5S/c22-17-11-18(13-19(12-17)28-14-21(24)25)23-29(26,27)20-9-5-4-8-16(20)10-15-6-2-1-3-7-15/h1-9,11-13,23H,10,14H2,(H,24,25). The Labute approximate surface area is 173 Å². The summed E-state index contributed by atoms with van der Waals surface area (Å²) < 4.78 is 33.6. The largest absolute Gasteiger partial charge is 0.482 e. The molecule has 0 heterocycles. The van der Waals surface area contributed by atoms with Gasteiger partial charge in [0.15, 0.2) is 6.61 Å². The smallest absolute Gasteiger partial charge is 0.341 e. The number of benzene rings is 3. The molecule has 0 saturated heterocycles. The van der Waals surface area contributed by atoms with Crippen LogP contribution in [0.25, 0.3) is 0 Å². The van der Waals surface area contributed by atoms with E-state index in [1.165, 1.54) is 24.3 Å². The molecule has 0 aliphatic rings. The maximum atomic E-state index is 13.0. The van der Waals surface area contributed by atoms with Crippen molar-refractivity contribution in [2.75, 3.05) is 11.3 Å². The van der Waals surface area contributed by atoms with E-state index < -0.39 is 22.6 Å². The summed E-state index contributed by atoms with van der Waals surface area (Å²) in [6.07, 6.45) is 0.459. The molecule has 6 nitrogen and oxygen atoms in total. The van der Waals surface area contributed by atoms with Crippen molar-refractivity contribution < 1.29 is 23.1 Å². The third-order valence-electron chi connectivity index (χ3n) is 3.99. The average Bonchev–Trinajstić information content (AvgIpc) is 2.67. The van der Waals surface area contributed by atoms with E-state index in [2.05, 4.69) is 4.72 Å². The van der Waals surface area contributed by atoms with Crippen molar-refractivity contribution in [3.63, 3.8) is 0 Å². The summed E-state index contributed by atoms with van der Waals surface area (Å²) in [4.78, 5) is 10.8. The van der Waals surface area contributed by atoms with Crippen LogP contribution >= 0.6 is 11.6 Å². The van der Waals surface area contributed by atoms with Crippen LogP contribution in [0.3, 0.4) is 0 Å². The van der Waals surface area contributed by atoms with Crippen LogP contribution in [-0.2, 0) is 21.2 Å². The minimum Gasteiger partial charge on any atom is -0.482 e. The van der Waals surface area contributed by atoms with Gasteiger partial charge in [-0.25, -0.2) is 13.2 Å². The van der Waals surface area contributed by atoms with Gasteiger partial charge in [-0.2, -0.15) is 0 Å². The van der Waals surface area contributed by atoms with Gasteiger partial charge in [0.1, 0.15) is 5.75 Å². The van der Waals surface area contributed by atoms with Gasteiger partial charge >= 0.3 is 5.97 Å². The molecule has 0 fully saturated rings. The van der Waals surface area contributed by atoms with Gasteiger partial charge in [-0.3, -0.25) is 4.72 Å². The zero-order valence-corrected chi connectivity index (χ0v) is 16.8. The predicted molar refractivity (Wildman–Crippen MR) is 111 cm³/mol. The van der Waals surface area contributed by atoms with Crippen molar-refractivity contribution in [3.05, 3.63) is 88.9 Å². The normalized spacial score (nSPS) is 11.1. The number of carboxylic acids is 1. The zero-order chi connectivity index (χ0) is 20.9. The summed E-state index contributed by atoms with van der Waals surface area (Å²) >= 11 is 6.02. The van der Waals surface area contributed by atoms with Gasteiger partial charge in [-0.15, -0.1) is 0 Å². The number of ether oxygens (including phenoxy) is 1. The summed E-state index contributed by atoms with van der Waals surface area (Å²) in [5.41, 5.74) is 1.81. The first-order valence-corrected chi connectivity index (χ1v) is 10.5. The highest BCUT2D eigenvalue weighted by molar-refractivity contribution is 7.92. The van der Waals surface area contributed by atoms with Gasteiger partial charge in [0, 0.05) is 11.1 Å². The van der Waals surface area contributed by atoms with Crippen LogP contribution in [0, 0.1) is 0 Å². The molecule has 0 atom stereocenters. The number of aliphatic carboxylic acids is 1. The topological polar surface area (TPSA) is 92.7 Å². The summed E-state index contributed by atoms with van der Waals surface area (Å²) in [5.74, 6) is -1.00. The van der Waals surface area contributed by atoms with E-state index in [1.807, 2.05) is 30.3 Å². The third kappa shape index (κ3) is 5.73. The van der Waals surface area contributed by atoms with E-state index in [0.29, 0.717) is 12.0 Å². The van der Waals surface area contributed by atoms with E-state index >= 15 is 0 Å². The minimum absolute atomic E-state index is 0.148. The van der Waals surface area contributed by atoms with Crippen LogP contribution in [0.2, 0.25) is 5.02 Å². The lowest BCUT2D eigenvalue weighted by molar-refractivity contribution is -0.139. The van der Waals surface area contributed by atoms with Crippen LogP contribution in [0.5, 0.6) is 5.75 Å². The molecular formula is C21H18ClNO5S. The van der Waals surface area contributed by atoms with Gasteiger partial charge in [-0.05, 0) is 35.7 Å². The molecule has 3 aromatic carbocycles. The summed E-state index contributed by atoms with van der Waals surface area (Å²) in [6, 6.07) is 20.5. The first kappa shape index (κ1) is 20.7. The van der Waals surface area contributed by atoms with E-state index in [4.69, 9.17) is 21.4 Å². The maximum Gasteiger partial charge on any atom is 0.341 e. The molecule has 0 aliphatic carbocycles. The highest BCUT2D eigenvalue weighted by atomic mass is 35.5. The van der Waals surface area contributed by atoms with Crippen molar-refractivity contribution in [3.8, 4) is 5.75 Å². The number of sulfonamides is 1. The Balaban J connectivity index is 1.88. The molecule has 0 unspecified atom stereocenters. The number of anilines is 1. The van der Waals surface area contributed by atoms with E-state index in [9.17, 15) is 13.2 Å². The molecule has 0 aromatic heterocycles. The quantitative estimate of drug-likeness (QED) is 0.557. The molecule has 0 radical (unpaired) electrons.